The molecule has 0 radical (unpaired) electrons. The second kappa shape index (κ2) is 5.22. The van der Waals surface area contributed by atoms with Crippen molar-refractivity contribution in [2.75, 3.05) is 6.54 Å². The second-order valence-electron chi connectivity index (χ2n) is 3.41. The summed E-state index contributed by atoms with van der Waals surface area (Å²) in [6.45, 7) is 1.70. The number of hydrogen-bond acceptors (Lipinski definition) is 4. The summed E-state index contributed by atoms with van der Waals surface area (Å²) in [6.07, 6.45) is 3.15. The molecule has 0 unspecified atom stereocenters. The summed E-state index contributed by atoms with van der Waals surface area (Å²) in [5.41, 5.74) is 5.58. The first-order valence-electron chi connectivity index (χ1n) is 4.86. The lowest BCUT2D eigenvalue weighted by Crippen LogP contribution is -2.04. The van der Waals surface area contributed by atoms with Gasteiger partial charge in [0.25, 0.3) is 5.69 Å². The van der Waals surface area contributed by atoms with Crippen LogP contribution in [0.5, 0.6) is 0 Å². The fourth-order valence-electron chi connectivity index (χ4n) is 1.43. The molecule has 17 heavy (non-hydrogen) atoms. The zero-order chi connectivity index (χ0) is 13.0. The lowest BCUT2D eigenvalue weighted by molar-refractivity contribution is -0.385. The Morgan fingerprint density at radius 2 is 2.24 bits per heavy atom. The average molecular weight is 236 g/mol. The minimum absolute atomic E-state index is 0.0733. The molecule has 1 aromatic carbocycles. The lowest BCUT2D eigenvalue weighted by atomic mass is 10.0. The van der Waals surface area contributed by atoms with Crippen molar-refractivity contribution in [2.45, 2.75) is 6.92 Å². The van der Waals surface area contributed by atoms with Gasteiger partial charge in [0.15, 0.2) is 0 Å². The predicted molar refractivity (Wildman–Crippen MR) is 62.9 cm³/mol. The van der Waals surface area contributed by atoms with E-state index in [-0.39, 0.29) is 23.4 Å². The van der Waals surface area contributed by atoms with Gasteiger partial charge in [0.1, 0.15) is 0 Å². The van der Waals surface area contributed by atoms with Crippen LogP contribution in [0.1, 0.15) is 21.5 Å². The van der Waals surface area contributed by atoms with E-state index in [0.717, 1.165) is 0 Å². The Bertz CT molecular complexity index is 459. The van der Waals surface area contributed by atoms with Crippen molar-refractivity contribution in [3.05, 3.63) is 45.0 Å². The number of benzene rings is 1. The summed E-state index contributed by atoms with van der Waals surface area (Å²) >= 11 is 0. The number of hydrogen-bond donors (Lipinski definition) is 2. The van der Waals surface area contributed by atoms with Gasteiger partial charge in [-0.05, 0) is 18.6 Å². The zero-order valence-corrected chi connectivity index (χ0v) is 9.21. The van der Waals surface area contributed by atoms with Gasteiger partial charge in [-0.3, -0.25) is 10.1 Å². The number of rotatable bonds is 4. The molecule has 3 N–H and O–H groups in total. The van der Waals surface area contributed by atoms with Crippen LogP contribution in [0.4, 0.5) is 5.69 Å². The van der Waals surface area contributed by atoms with Crippen molar-refractivity contribution in [1.29, 1.82) is 0 Å². The smallest absolute Gasteiger partial charge is 0.336 e. The van der Waals surface area contributed by atoms with Gasteiger partial charge in [0.05, 0.1) is 10.5 Å². The monoisotopic (exact) mass is 236 g/mol. The molecule has 0 aliphatic carbocycles. The number of carboxylic acid groups (broad SMARTS) is 1. The quantitative estimate of drug-likeness (QED) is 0.609. The molecule has 0 amide bonds. The highest BCUT2D eigenvalue weighted by molar-refractivity contribution is 5.91. The van der Waals surface area contributed by atoms with E-state index in [2.05, 4.69) is 0 Å². The maximum Gasteiger partial charge on any atom is 0.336 e. The van der Waals surface area contributed by atoms with E-state index in [1.54, 1.807) is 12.2 Å². The third-order valence-corrected chi connectivity index (χ3v) is 2.28. The average Bonchev–Trinajstić information content (AvgIpc) is 2.26. The molecule has 0 aliphatic heterocycles. The summed E-state index contributed by atoms with van der Waals surface area (Å²) in [7, 11) is 0. The van der Waals surface area contributed by atoms with Crippen LogP contribution in [0.25, 0.3) is 6.08 Å². The summed E-state index contributed by atoms with van der Waals surface area (Å²) in [5, 5.41) is 19.7. The van der Waals surface area contributed by atoms with Gasteiger partial charge in [0, 0.05) is 18.2 Å². The normalized spacial score (nSPS) is 10.7. The number of carboxylic acids is 1. The van der Waals surface area contributed by atoms with E-state index in [1.165, 1.54) is 19.1 Å². The molecular weight excluding hydrogens is 224 g/mol. The summed E-state index contributed by atoms with van der Waals surface area (Å²) in [4.78, 5) is 21.1. The molecule has 1 rings (SSSR count). The predicted octanol–water partition coefficient (Wildman–Crippen LogP) is 1.57. The van der Waals surface area contributed by atoms with E-state index in [0.29, 0.717) is 5.56 Å². The molecule has 6 heteroatoms. The number of aromatic carboxylic acids is 1. The molecule has 0 aromatic heterocycles. The highest BCUT2D eigenvalue weighted by Gasteiger charge is 2.19. The van der Waals surface area contributed by atoms with Gasteiger partial charge >= 0.3 is 5.97 Å². The zero-order valence-electron chi connectivity index (χ0n) is 9.21. The van der Waals surface area contributed by atoms with Crippen LogP contribution in [0, 0.1) is 17.0 Å². The van der Waals surface area contributed by atoms with Crippen LogP contribution < -0.4 is 5.73 Å². The van der Waals surface area contributed by atoms with Gasteiger partial charge in [0.2, 0.25) is 0 Å². The molecule has 0 saturated carbocycles. The number of nitro groups is 1. The fourth-order valence-corrected chi connectivity index (χ4v) is 1.43. The third-order valence-electron chi connectivity index (χ3n) is 2.28. The fraction of sp³-hybridized carbons (Fsp3) is 0.182. The number of nitrogens with two attached hydrogens (primary N) is 1. The van der Waals surface area contributed by atoms with Gasteiger partial charge in [-0.15, -0.1) is 0 Å². The summed E-state index contributed by atoms with van der Waals surface area (Å²) in [6, 6.07) is 2.71. The topological polar surface area (TPSA) is 106 Å². The Morgan fingerprint density at radius 1 is 1.59 bits per heavy atom. The minimum atomic E-state index is -1.19. The SMILES string of the molecule is Cc1c(C(=O)O)cc(C=CCN)cc1[N+](=O)[O-]. The molecule has 0 aliphatic rings. The standard InChI is InChI=1S/C11H12N2O4/c1-7-9(11(14)15)5-8(3-2-4-12)6-10(7)13(16)17/h2-3,5-6H,4,12H2,1H3,(H,14,15). The number of carbonyl (C=O) groups is 1. The number of nitrogens with zero attached hydrogens (tertiary/aromatic N) is 1. The van der Waals surface area contributed by atoms with Gasteiger partial charge < -0.3 is 10.8 Å². The maximum absolute atomic E-state index is 11.0. The Labute approximate surface area is 97.5 Å². The van der Waals surface area contributed by atoms with Crippen molar-refractivity contribution >= 4 is 17.7 Å². The molecule has 90 valence electrons. The summed E-state index contributed by atoms with van der Waals surface area (Å²) in [5.74, 6) is -1.19. The van der Waals surface area contributed by atoms with Crippen LogP contribution in [0.15, 0.2) is 18.2 Å². The first-order chi connectivity index (χ1) is 7.97. The van der Waals surface area contributed by atoms with Crippen molar-refractivity contribution in [3.63, 3.8) is 0 Å². The molecule has 0 saturated heterocycles. The van der Waals surface area contributed by atoms with E-state index in [9.17, 15) is 14.9 Å². The first-order valence-corrected chi connectivity index (χ1v) is 4.86. The van der Waals surface area contributed by atoms with Crippen LogP contribution >= 0.6 is 0 Å². The lowest BCUT2D eigenvalue weighted by Gasteiger charge is -2.04. The van der Waals surface area contributed by atoms with Gasteiger partial charge in [-0.25, -0.2) is 4.79 Å². The second-order valence-corrected chi connectivity index (χ2v) is 3.41. The minimum Gasteiger partial charge on any atom is -0.478 e. The van der Waals surface area contributed by atoms with Crippen LogP contribution in [-0.4, -0.2) is 22.5 Å². The van der Waals surface area contributed by atoms with Gasteiger partial charge in [-0.1, -0.05) is 12.2 Å². The Hall–Kier alpha value is -2.21. The van der Waals surface area contributed by atoms with Crippen LogP contribution in [-0.2, 0) is 0 Å². The molecule has 1 aromatic rings. The van der Waals surface area contributed by atoms with Crippen molar-refractivity contribution in [1.82, 2.24) is 0 Å². The molecule has 0 atom stereocenters. The van der Waals surface area contributed by atoms with Gasteiger partial charge in [-0.2, -0.15) is 0 Å². The first kappa shape index (κ1) is 12.9. The molecule has 6 nitrogen and oxygen atoms in total. The van der Waals surface area contributed by atoms with E-state index in [1.807, 2.05) is 0 Å². The molecule has 0 fully saturated rings. The van der Waals surface area contributed by atoms with E-state index >= 15 is 0 Å². The Balaban J connectivity index is 3.41. The molecule has 0 bridgehead atoms. The Kier molecular flexibility index (Phi) is 3.95. The van der Waals surface area contributed by atoms with E-state index in [4.69, 9.17) is 10.8 Å². The van der Waals surface area contributed by atoms with Crippen molar-refractivity contribution < 1.29 is 14.8 Å². The third kappa shape index (κ3) is 2.88. The van der Waals surface area contributed by atoms with Crippen LogP contribution in [0.3, 0.4) is 0 Å². The highest BCUT2D eigenvalue weighted by Crippen LogP contribution is 2.24. The largest absolute Gasteiger partial charge is 0.478 e. The molecule has 0 heterocycles. The Morgan fingerprint density at radius 3 is 2.71 bits per heavy atom. The maximum atomic E-state index is 11.0. The summed E-state index contributed by atoms with van der Waals surface area (Å²) < 4.78 is 0. The highest BCUT2D eigenvalue weighted by atomic mass is 16.6. The van der Waals surface area contributed by atoms with Crippen molar-refractivity contribution in [2.24, 2.45) is 5.73 Å². The molecular formula is C11H12N2O4. The number of nitro benzene ring substituents is 1. The van der Waals surface area contributed by atoms with Crippen molar-refractivity contribution in [3.8, 4) is 0 Å². The molecule has 0 spiro atoms. The van der Waals surface area contributed by atoms with E-state index < -0.39 is 10.9 Å². The van der Waals surface area contributed by atoms with Crippen LogP contribution in [0.2, 0.25) is 0 Å².